The molecule has 0 bridgehead atoms. The highest BCUT2D eigenvalue weighted by atomic mass is 32.1. The molecule has 6 heteroatoms. The summed E-state index contributed by atoms with van der Waals surface area (Å²) in [5, 5.41) is 16.2. The molecule has 2 N–H and O–H groups in total. The van der Waals surface area contributed by atoms with Crippen LogP contribution in [0.5, 0.6) is 0 Å². The maximum atomic E-state index is 10.5. The molecule has 1 aromatic carbocycles. The van der Waals surface area contributed by atoms with Gasteiger partial charge < -0.3 is 20.1 Å². The monoisotopic (exact) mass is 429 g/mol. The molecule has 0 spiro atoms. The Balaban J connectivity index is 1.24. The summed E-state index contributed by atoms with van der Waals surface area (Å²) in [5.74, 6) is 0. The molecule has 1 aliphatic heterocycles. The lowest BCUT2D eigenvalue weighted by molar-refractivity contribution is -0.0172. The summed E-state index contributed by atoms with van der Waals surface area (Å²) in [6, 6.07) is 13.3. The minimum absolute atomic E-state index is 0.119. The number of aliphatic hydroxyl groups is 1. The summed E-state index contributed by atoms with van der Waals surface area (Å²) < 4.78 is 6.13. The van der Waals surface area contributed by atoms with Gasteiger partial charge in [-0.2, -0.15) is 0 Å². The zero-order valence-electron chi connectivity index (χ0n) is 18.0. The van der Waals surface area contributed by atoms with Crippen LogP contribution in [0.4, 0.5) is 0 Å². The molecule has 2 heterocycles. The summed E-state index contributed by atoms with van der Waals surface area (Å²) in [6.45, 7) is 6.20. The molecule has 1 fully saturated rings. The second-order valence-electron chi connectivity index (χ2n) is 8.60. The number of thiophene rings is 1. The van der Waals surface area contributed by atoms with Crippen molar-refractivity contribution < 1.29 is 9.84 Å². The largest absolute Gasteiger partial charge is 0.389 e. The van der Waals surface area contributed by atoms with Gasteiger partial charge in [0.05, 0.1) is 24.9 Å². The molecule has 0 amide bonds. The van der Waals surface area contributed by atoms with Gasteiger partial charge >= 0.3 is 0 Å². The van der Waals surface area contributed by atoms with Gasteiger partial charge in [0.1, 0.15) is 0 Å². The standard InChI is InChI=1S/C24H35N3O2S/c1-26-11-13-27(14-12-26)22(24-10-5-15-30-24)17-25-16-20(28)18-29-23-9-4-7-19-6-2-3-8-21(19)23/h2-3,5-6,8,10,15,20,22-23,25,28H,4,7,9,11-14,16-18H2,1H3/t20-,22+,23-/m0/s1. The van der Waals surface area contributed by atoms with Gasteiger partial charge in [0, 0.05) is 44.1 Å². The number of nitrogens with zero attached hydrogens (tertiary/aromatic N) is 2. The van der Waals surface area contributed by atoms with E-state index in [1.807, 2.05) is 11.3 Å². The average molecular weight is 430 g/mol. The van der Waals surface area contributed by atoms with Crippen LogP contribution >= 0.6 is 11.3 Å². The van der Waals surface area contributed by atoms with E-state index >= 15 is 0 Å². The number of hydrogen-bond donors (Lipinski definition) is 2. The first kappa shape index (κ1) is 21.9. The van der Waals surface area contributed by atoms with Crippen molar-refractivity contribution in [3.8, 4) is 0 Å². The quantitative estimate of drug-likeness (QED) is 0.642. The number of hydrogen-bond acceptors (Lipinski definition) is 6. The number of aliphatic hydroxyl groups excluding tert-OH is 1. The van der Waals surface area contributed by atoms with Crippen LogP contribution in [0.3, 0.4) is 0 Å². The third-order valence-electron chi connectivity index (χ3n) is 6.37. The fraction of sp³-hybridized carbons (Fsp3) is 0.583. The number of ether oxygens (including phenoxy) is 1. The summed E-state index contributed by atoms with van der Waals surface area (Å²) in [6.07, 6.45) is 2.96. The van der Waals surface area contributed by atoms with Gasteiger partial charge in [-0.05, 0) is 48.9 Å². The molecule has 0 saturated carbocycles. The highest BCUT2D eigenvalue weighted by molar-refractivity contribution is 7.10. The molecule has 2 aliphatic rings. The maximum Gasteiger partial charge on any atom is 0.0897 e. The van der Waals surface area contributed by atoms with E-state index < -0.39 is 6.10 Å². The molecule has 1 aromatic heterocycles. The van der Waals surface area contributed by atoms with E-state index in [4.69, 9.17) is 4.74 Å². The lowest BCUT2D eigenvalue weighted by Gasteiger charge is -2.38. The Morgan fingerprint density at radius 3 is 2.77 bits per heavy atom. The van der Waals surface area contributed by atoms with Crippen molar-refractivity contribution in [3.63, 3.8) is 0 Å². The van der Waals surface area contributed by atoms with Crippen LogP contribution in [0, 0.1) is 0 Å². The van der Waals surface area contributed by atoms with Crippen molar-refractivity contribution in [1.82, 2.24) is 15.1 Å². The summed E-state index contributed by atoms with van der Waals surface area (Å²) in [7, 11) is 2.19. The third kappa shape index (κ3) is 5.69. The van der Waals surface area contributed by atoms with Gasteiger partial charge in [0.15, 0.2) is 0 Å². The van der Waals surface area contributed by atoms with E-state index in [0.29, 0.717) is 19.2 Å². The SMILES string of the molecule is CN1CCN([C@H](CNC[C@H](O)CO[C@H]2CCCc3ccccc32)c2cccs2)CC1. The predicted molar refractivity (Wildman–Crippen MR) is 123 cm³/mol. The summed E-state index contributed by atoms with van der Waals surface area (Å²) >= 11 is 1.82. The topological polar surface area (TPSA) is 48.0 Å². The third-order valence-corrected chi connectivity index (χ3v) is 7.35. The molecular formula is C24H35N3O2S. The van der Waals surface area contributed by atoms with Crippen LogP contribution in [0.2, 0.25) is 0 Å². The first-order valence-corrected chi connectivity index (χ1v) is 12.1. The zero-order chi connectivity index (χ0) is 20.8. The van der Waals surface area contributed by atoms with E-state index in [1.165, 1.54) is 16.0 Å². The fourth-order valence-corrected chi connectivity index (χ4v) is 5.44. The Kier molecular flexibility index (Phi) is 7.93. The Morgan fingerprint density at radius 2 is 1.97 bits per heavy atom. The first-order chi connectivity index (χ1) is 14.7. The number of aryl methyl sites for hydroxylation is 1. The second kappa shape index (κ2) is 10.8. The van der Waals surface area contributed by atoms with E-state index in [-0.39, 0.29) is 6.10 Å². The molecule has 0 unspecified atom stereocenters. The van der Waals surface area contributed by atoms with E-state index in [1.54, 1.807) is 0 Å². The van der Waals surface area contributed by atoms with Gasteiger partial charge in [-0.15, -0.1) is 11.3 Å². The van der Waals surface area contributed by atoms with Crippen LogP contribution in [0.15, 0.2) is 41.8 Å². The van der Waals surface area contributed by atoms with Crippen LogP contribution in [0.1, 0.15) is 41.0 Å². The second-order valence-corrected chi connectivity index (χ2v) is 9.57. The normalized spacial score (nSPS) is 22.5. The maximum absolute atomic E-state index is 10.5. The van der Waals surface area contributed by atoms with Crippen LogP contribution in [0.25, 0.3) is 0 Å². The number of benzene rings is 1. The fourth-order valence-electron chi connectivity index (χ4n) is 4.58. The lowest BCUT2D eigenvalue weighted by atomic mass is 9.89. The van der Waals surface area contributed by atoms with E-state index in [0.717, 1.165) is 52.0 Å². The van der Waals surface area contributed by atoms with Gasteiger partial charge in [-0.25, -0.2) is 0 Å². The Bertz CT molecular complexity index is 762. The minimum Gasteiger partial charge on any atom is -0.389 e. The van der Waals surface area contributed by atoms with Gasteiger partial charge in [0.25, 0.3) is 0 Å². The zero-order valence-corrected chi connectivity index (χ0v) is 18.8. The molecule has 4 rings (SSSR count). The van der Waals surface area contributed by atoms with Crippen molar-refractivity contribution in [1.29, 1.82) is 0 Å². The molecule has 1 aliphatic carbocycles. The number of nitrogens with one attached hydrogen (secondary N) is 1. The summed E-state index contributed by atoms with van der Waals surface area (Å²) in [5.41, 5.74) is 2.70. The first-order valence-electron chi connectivity index (χ1n) is 11.2. The molecule has 2 aromatic rings. The Labute approximate surface area is 184 Å². The van der Waals surface area contributed by atoms with Crippen molar-refractivity contribution in [2.24, 2.45) is 0 Å². The highest BCUT2D eigenvalue weighted by Crippen LogP contribution is 2.32. The average Bonchev–Trinajstić information content (AvgIpc) is 3.30. The molecule has 0 radical (unpaired) electrons. The minimum atomic E-state index is -0.490. The van der Waals surface area contributed by atoms with Crippen LogP contribution in [-0.2, 0) is 11.2 Å². The number of fused-ring (bicyclic) bond motifs is 1. The highest BCUT2D eigenvalue weighted by Gasteiger charge is 2.25. The smallest absolute Gasteiger partial charge is 0.0897 e. The molecule has 30 heavy (non-hydrogen) atoms. The van der Waals surface area contributed by atoms with Crippen LogP contribution in [-0.4, -0.2) is 73.9 Å². The molecule has 1 saturated heterocycles. The Morgan fingerprint density at radius 1 is 1.13 bits per heavy atom. The number of likely N-dealkylation sites (N-methyl/N-ethyl adjacent to an activating group) is 1. The molecular weight excluding hydrogens is 394 g/mol. The van der Waals surface area contributed by atoms with Crippen LogP contribution < -0.4 is 5.32 Å². The van der Waals surface area contributed by atoms with Crippen molar-refractivity contribution in [3.05, 3.63) is 57.8 Å². The Hall–Kier alpha value is -1.28. The van der Waals surface area contributed by atoms with Gasteiger partial charge in [0.2, 0.25) is 0 Å². The van der Waals surface area contributed by atoms with Gasteiger partial charge in [-0.1, -0.05) is 30.3 Å². The van der Waals surface area contributed by atoms with E-state index in [2.05, 4.69) is 63.9 Å². The van der Waals surface area contributed by atoms with Gasteiger partial charge in [-0.3, -0.25) is 4.90 Å². The molecule has 164 valence electrons. The predicted octanol–water partition coefficient (Wildman–Crippen LogP) is 3.08. The molecule has 3 atom stereocenters. The van der Waals surface area contributed by atoms with Crippen molar-refractivity contribution in [2.75, 3.05) is 52.9 Å². The van der Waals surface area contributed by atoms with E-state index in [9.17, 15) is 5.11 Å². The molecule has 5 nitrogen and oxygen atoms in total. The van der Waals surface area contributed by atoms with Crippen molar-refractivity contribution >= 4 is 11.3 Å². The number of piperazine rings is 1. The lowest BCUT2D eigenvalue weighted by Crippen LogP contribution is -2.48. The summed E-state index contributed by atoms with van der Waals surface area (Å²) in [4.78, 5) is 6.36. The number of rotatable bonds is 9. The van der Waals surface area contributed by atoms with Crippen molar-refractivity contribution in [2.45, 2.75) is 37.5 Å².